The first-order chi connectivity index (χ1) is 15.6. The van der Waals surface area contributed by atoms with Crippen LogP contribution >= 0.6 is 23.2 Å². The van der Waals surface area contributed by atoms with Gasteiger partial charge >= 0.3 is 0 Å². The van der Waals surface area contributed by atoms with Crippen molar-refractivity contribution >= 4 is 44.6 Å². The van der Waals surface area contributed by atoms with Crippen LogP contribution in [-0.4, -0.2) is 33.7 Å². The summed E-state index contributed by atoms with van der Waals surface area (Å²) in [7, 11) is -3.30. The third-order valence-electron chi connectivity index (χ3n) is 5.13. The number of rotatable bonds is 6. The van der Waals surface area contributed by atoms with Gasteiger partial charge in [0.25, 0.3) is 5.91 Å². The van der Waals surface area contributed by atoms with E-state index in [4.69, 9.17) is 32.7 Å². The number of nitrogens with zero attached hydrogens (tertiary/aromatic N) is 1. The molecule has 33 heavy (non-hydrogen) atoms. The van der Waals surface area contributed by atoms with Crippen molar-refractivity contribution in [3.05, 3.63) is 75.8 Å². The zero-order valence-corrected chi connectivity index (χ0v) is 20.3. The molecule has 0 saturated heterocycles. The first kappa shape index (κ1) is 23.4. The number of hydrogen-bond donors (Lipinski definition) is 0. The molecule has 0 atom stereocenters. The van der Waals surface area contributed by atoms with E-state index in [9.17, 15) is 13.2 Å². The lowest BCUT2D eigenvalue weighted by Gasteiger charge is -2.18. The van der Waals surface area contributed by atoms with Gasteiger partial charge in [0.1, 0.15) is 17.2 Å². The van der Waals surface area contributed by atoms with Crippen LogP contribution in [0.3, 0.4) is 0 Å². The predicted octanol–water partition coefficient (Wildman–Crippen LogP) is 5.47. The SMILES string of the molecule is Cc1cc(Cl)cc(Oc2cc(Cl)cc(OCC(=O)N3CCc4cc(S(C)(=O)=O)ccc43)c2)c1. The van der Waals surface area contributed by atoms with Gasteiger partial charge in [0.05, 0.1) is 4.90 Å². The van der Waals surface area contributed by atoms with Gasteiger partial charge in [-0.1, -0.05) is 23.2 Å². The summed E-state index contributed by atoms with van der Waals surface area (Å²) in [5.74, 6) is 1.16. The molecule has 0 unspecified atom stereocenters. The topological polar surface area (TPSA) is 72.9 Å². The molecular formula is C24H21Cl2NO5S. The van der Waals surface area contributed by atoms with E-state index in [1.165, 1.54) is 6.07 Å². The van der Waals surface area contributed by atoms with Crippen LogP contribution in [0.15, 0.2) is 59.5 Å². The van der Waals surface area contributed by atoms with Crippen molar-refractivity contribution < 1.29 is 22.7 Å². The Bertz CT molecular complexity index is 1320. The van der Waals surface area contributed by atoms with E-state index in [0.29, 0.717) is 45.9 Å². The quantitative estimate of drug-likeness (QED) is 0.444. The molecule has 3 aromatic carbocycles. The molecule has 1 aliphatic rings. The van der Waals surface area contributed by atoms with Crippen molar-refractivity contribution in [2.45, 2.75) is 18.2 Å². The zero-order chi connectivity index (χ0) is 23.8. The maximum atomic E-state index is 12.8. The number of ether oxygens (including phenoxy) is 2. The van der Waals surface area contributed by atoms with Crippen LogP contribution in [0, 0.1) is 6.92 Å². The minimum atomic E-state index is -3.30. The van der Waals surface area contributed by atoms with E-state index in [2.05, 4.69) is 0 Å². The summed E-state index contributed by atoms with van der Waals surface area (Å²) in [4.78, 5) is 14.6. The molecule has 0 radical (unpaired) electrons. The summed E-state index contributed by atoms with van der Waals surface area (Å²) in [5, 5.41) is 0.956. The van der Waals surface area contributed by atoms with Gasteiger partial charge < -0.3 is 14.4 Å². The normalized spacial score (nSPS) is 13.0. The van der Waals surface area contributed by atoms with Crippen LogP contribution in [0.5, 0.6) is 17.2 Å². The number of hydrogen-bond acceptors (Lipinski definition) is 5. The zero-order valence-electron chi connectivity index (χ0n) is 18.0. The van der Waals surface area contributed by atoms with Gasteiger partial charge in [-0.15, -0.1) is 0 Å². The highest BCUT2D eigenvalue weighted by Gasteiger charge is 2.26. The number of anilines is 1. The highest BCUT2D eigenvalue weighted by molar-refractivity contribution is 7.90. The van der Waals surface area contributed by atoms with Crippen LogP contribution in [0.1, 0.15) is 11.1 Å². The van der Waals surface area contributed by atoms with Gasteiger partial charge in [-0.05, 0) is 73.0 Å². The molecule has 1 aliphatic heterocycles. The monoisotopic (exact) mass is 505 g/mol. The summed E-state index contributed by atoms with van der Waals surface area (Å²) in [5.41, 5.74) is 2.47. The summed E-state index contributed by atoms with van der Waals surface area (Å²) < 4.78 is 35.1. The van der Waals surface area contributed by atoms with Crippen LogP contribution < -0.4 is 14.4 Å². The number of amides is 1. The number of aryl methyl sites for hydroxylation is 1. The first-order valence-electron chi connectivity index (χ1n) is 10.1. The second-order valence-corrected chi connectivity index (χ2v) is 10.7. The number of sulfone groups is 1. The van der Waals surface area contributed by atoms with Gasteiger partial charge in [0.2, 0.25) is 0 Å². The second-order valence-electron chi connectivity index (χ2n) is 7.84. The molecule has 1 amide bonds. The van der Waals surface area contributed by atoms with Crippen LogP contribution in [-0.2, 0) is 21.1 Å². The summed E-state index contributed by atoms with van der Waals surface area (Å²) in [6.07, 6.45) is 1.75. The van der Waals surface area contributed by atoms with E-state index in [0.717, 1.165) is 17.4 Å². The molecular weight excluding hydrogens is 485 g/mol. The Kier molecular flexibility index (Phi) is 6.56. The molecule has 0 saturated carbocycles. The lowest BCUT2D eigenvalue weighted by molar-refractivity contribution is -0.120. The average Bonchev–Trinajstić information content (AvgIpc) is 3.13. The van der Waals surface area contributed by atoms with Gasteiger partial charge in [-0.3, -0.25) is 4.79 Å². The molecule has 0 fully saturated rings. The molecule has 0 N–H and O–H groups in total. The predicted molar refractivity (Wildman–Crippen MR) is 129 cm³/mol. The fourth-order valence-electron chi connectivity index (χ4n) is 3.67. The Morgan fingerprint density at radius 2 is 1.64 bits per heavy atom. The lowest BCUT2D eigenvalue weighted by atomic mass is 10.2. The Hall–Kier alpha value is -2.74. The fraction of sp³-hybridized carbons (Fsp3) is 0.208. The number of benzene rings is 3. The maximum absolute atomic E-state index is 12.8. The molecule has 1 heterocycles. The summed E-state index contributed by atoms with van der Waals surface area (Å²) >= 11 is 12.3. The molecule has 0 aromatic heterocycles. The molecule has 0 aliphatic carbocycles. The van der Waals surface area contributed by atoms with Crippen molar-refractivity contribution in [1.29, 1.82) is 0 Å². The van der Waals surface area contributed by atoms with Gasteiger partial charge in [0, 0.05) is 34.6 Å². The van der Waals surface area contributed by atoms with Crippen molar-refractivity contribution in [3.63, 3.8) is 0 Å². The smallest absolute Gasteiger partial charge is 0.264 e. The van der Waals surface area contributed by atoms with E-state index >= 15 is 0 Å². The van der Waals surface area contributed by atoms with E-state index in [1.807, 2.05) is 19.1 Å². The second kappa shape index (κ2) is 9.25. The average molecular weight is 506 g/mol. The highest BCUT2D eigenvalue weighted by Crippen LogP contribution is 2.33. The molecule has 6 nitrogen and oxygen atoms in total. The molecule has 172 valence electrons. The number of fused-ring (bicyclic) bond motifs is 1. The van der Waals surface area contributed by atoms with Crippen LogP contribution in [0.2, 0.25) is 10.0 Å². The summed E-state index contributed by atoms with van der Waals surface area (Å²) in [6, 6.07) is 15.0. The van der Waals surface area contributed by atoms with E-state index in [1.54, 1.807) is 41.3 Å². The maximum Gasteiger partial charge on any atom is 0.264 e. The standard InChI is InChI=1S/C24H21Cl2NO5S/c1-15-7-17(25)11-20(8-15)32-21-12-18(26)10-19(13-21)31-14-24(28)27-6-5-16-9-22(33(2,29)30)3-4-23(16)27/h3-4,7-13H,5-6,14H2,1-2H3. The van der Waals surface area contributed by atoms with Crippen LogP contribution in [0.25, 0.3) is 0 Å². The van der Waals surface area contributed by atoms with Crippen molar-refractivity contribution in [3.8, 4) is 17.2 Å². The van der Waals surface area contributed by atoms with Gasteiger partial charge in [-0.25, -0.2) is 8.42 Å². The molecule has 0 bridgehead atoms. The third kappa shape index (κ3) is 5.61. The van der Waals surface area contributed by atoms with Crippen molar-refractivity contribution in [2.75, 3.05) is 24.3 Å². The Balaban J connectivity index is 1.45. The number of halogens is 2. The Labute approximate surface area is 202 Å². The molecule has 3 aromatic rings. The number of carbonyl (C=O) groups excluding carboxylic acids is 1. The van der Waals surface area contributed by atoms with Gasteiger partial charge in [0.15, 0.2) is 16.4 Å². The van der Waals surface area contributed by atoms with Crippen molar-refractivity contribution in [1.82, 2.24) is 0 Å². The van der Waals surface area contributed by atoms with Gasteiger partial charge in [-0.2, -0.15) is 0 Å². The minimum Gasteiger partial charge on any atom is -0.484 e. The fourth-order valence-corrected chi connectivity index (χ4v) is 4.83. The molecule has 4 rings (SSSR count). The Morgan fingerprint density at radius 1 is 0.970 bits per heavy atom. The van der Waals surface area contributed by atoms with Crippen LogP contribution in [0.4, 0.5) is 5.69 Å². The van der Waals surface area contributed by atoms with E-state index < -0.39 is 9.84 Å². The molecule has 9 heteroatoms. The Morgan fingerprint density at radius 3 is 2.33 bits per heavy atom. The van der Waals surface area contributed by atoms with Crippen molar-refractivity contribution in [2.24, 2.45) is 0 Å². The third-order valence-corrected chi connectivity index (χ3v) is 6.68. The largest absolute Gasteiger partial charge is 0.484 e. The first-order valence-corrected chi connectivity index (χ1v) is 12.7. The number of carbonyl (C=O) groups is 1. The van der Waals surface area contributed by atoms with E-state index in [-0.39, 0.29) is 17.4 Å². The summed E-state index contributed by atoms with van der Waals surface area (Å²) in [6.45, 7) is 2.17. The highest BCUT2D eigenvalue weighted by atomic mass is 35.5. The lowest BCUT2D eigenvalue weighted by Crippen LogP contribution is -2.33. The molecule has 0 spiro atoms. The minimum absolute atomic E-state index is 0.205.